The van der Waals surface area contributed by atoms with E-state index in [0.717, 1.165) is 29.4 Å². The summed E-state index contributed by atoms with van der Waals surface area (Å²) in [6.45, 7) is 8.28. The number of halogens is 1. The number of aromatic nitrogens is 2. The molecule has 0 bridgehead atoms. The lowest BCUT2D eigenvalue weighted by Crippen LogP contribution is -2.23. The summed E-state index contributed by atoms with van der Waals surface area (Å²) < 4.78 is 0. The number of hydrogen-bond donors (Lipinski definition) is 1. The molecule has 5 heteroatoms. The first-order valence-corrected chi connectivity index (χ1v) is 8.06. The topological polar surface area (TPSA) is 37.8 Å². The summed E-state index contributed by atoms with van der Waals surface area (Å²) in [5.74, 6) is 3.02. The number of nitrogens with zero attached hydrogens (tertiary/aromatic N) is 2. The third-order valence-corrected chi connectivity index (χ3v) is 3.93. The van der Waals surface area contributed by atoms with Crippen molar-refractivity contribution in [1.82, 2.24) is 9.97 Å². The quantitative estimate of drug-likeness (QED) is 0.799. The lowest BCUT2D eigenvalue weighted by atomic mass is 10.2. The molecule has 1 aromatic rings. The van der Waals surface area contributed by atoms with Gasteiger partial charge in [-0.1, -0.05) is 32.4 Å². The lowest BCUT2D eigenvalue weighted by molar-refractivity contribution is 0.744. The van der Waals surface area contributed by atoms with E-state index in [-0.39, 0.29) is 5.92 Å². The monoisotopic (exact) mass is 287 g/mol. The Bertz CT molecular complexity index is 396. The zero-order chi connectivity index (χ0) is 13.7. The molecule has 0 saturated heterocycles. The van der Waals surface area contributed by atoms with Crippen molar-refractivity contribution >= 4 is 29.2 Å². The highest BCUT2D eigenvalue weighted by atomic mass is 35.5. The second-order valence-corrected chi connectivity index (χ2v) is 5.97. The molecule has 102 valence electrons. The van der Waals surface area contributed by atoms with Crippen LogP contribution in [0.2, 0.25) is 5.15 Å². The van der Waals surface area contributed by atoms with Crippen LogP contribution in [0.15, 0.2) is 0 Å². The number of hydrogen-bond acceptors (Lipinski definition) is 4. The van der Waals surface area contributed by atoms with Gasteiger partial charge in [0.15, 0.2) is 0 Å². The van der Waals surface area contributed by atoms with E-state index in [1.54, 1.807) is 0 Å². The minimum absolute atomic E-state index is 0.282. The Kier molecular flexibility index (Phi) is 6.22. The largest absolute Gasteiger partial charge is 0.366 e. The highest BCUT2D eigenvalue weighted by Gasteiger charge is 2.14. The number of nitrogens with one attached hydrogen (secondary N) is 1. The molecule has 1 heterocycles. The molecule has 0 spiro atoms. The average molecular weight is 288 g/mol. The van der Waals surface area contributed by atoms with Gasteiger partial charge in [-0.25, -0.2) is 9.97 Å². The molecule has 18 heavy (non-hydrogen) atoms. The zero-order valence-corrected chi connectivity index (χ0v) is 13.3. The highest BCUT2D eigenvalue weighted by molar-refractivity contribution is 7.98. The minimum Gasteiger partial charge on any atom is -0.366 e. The van der Waals surface area contributed by atoms with Crippen LogP contribution in [0.1, 0.15) is 44.5 Å². The molecule has 0 fully saturated rings. The number of rotatable bonds is 6. The normalized spacial score (nSPS) is 12.8. The molecule has 1 unspecified atom stereocenters. The predicted octanol–water partition coefficient (Wildman–Crippen LogP) is 4.12. The molecule has 0 aliphatic carbocycles. The Hall–Kier alpha value is -0.480. The van der Waals surface area contributed by atoms with Gasteiger partial charge in [-0.3, -0.25) is 0 Å². The second kappa shape index (κ2) is 7.19. The first-order valence-electron chi connectivity index (χ1n) is 6.29. The smallest absolute Gasteiger partial charge is 0.137 e. The molecule has 0 radical (unpaired) electrons. The third kappa shape index (κ3) is 4.02. The maximum absolute atomic E-state index is 6.17. The van der Waals surface area contributed by atoms with E-state index in [1.807, 2.05) is 18.7 Å². The lowest BCUT2D eigenvalue weighted by Gasteiger charge is -2.19. The number of thioether (sulfide) groups is 1. The Labute approximate surface area is 119 Å². The maximum Gasteiger partial charge on any atom is 0.137 e. The standard InChI is InChI=1S/C13H22ClN3S/c1-6-10(7-18-5)15-13-9(4)11(14)16-12(17-13)8(2)3/h8,10H,6-7H2,1-5H3,(H,15,16,17). The molecule has 1 aromatic heterocycles. The Morgan fingerprint density at radius 1 is 1.33 bits per heavy atom. The van der Waals surface area contributed by atoms with Gasteiger partial charge >= 0.3 is 0 Å². The predicted molar refractivity (Wildman–Crippen MR) is 82.0 cm³/mol. The fourth-order valence-electron chi connectivity index (χ4n) is 1.56. The van der Waals surface area contributed by atoms with Crippen LogP contribution in [0, 0.1) is 6.92 Å². The van der Waals surface area contributed by atoms with Gasteiger partial charge in [0.05, 0.1) is 0 Å². The molecular weight excluding hydrogens is 266 g/mol. The van der Waals surface area contributed by atoms with Crippen LogP contribution in [-0.2, 0) is 0 Å². The summed E-state index contributed by atoms with van der Waals surface area (Å²) in [5, 5.41) is 4.03. The maximum atomic E-state index is 6.17. The number of anilines is 1. The first kappa shape index (κ1) is 15.6. The van der Waals surface area contributed by atoms with Crippen LogP contribution in [-0.4, -0.2) is 28.0 Å². The van der Waals surface area contributed by atoms with Crippen molar-refractivity contribution in [2.75, 3.05) is 17.3 Å². The van der Waals surface area contributed by atoms with Gasteiger partial charge in [-0.05, 0) is 19.6 Å². The van der Waals surface area contributed by atoms with Crippen LogP contribution in [0.25, 0.3) is 0 Å². The van der Waals surface area contributed by atoms with Crippen LogP contribution in [0.4, 0.5) is 5.82 Å². The van der Waals surface area contributed by atoms with Crippen LogP contribution in [0.5, 0.6) is 0 Å². The van der Waals surface area contributed by atoms with E-state index in [4.69, 9.17) is 11.6 Å². The fraction of sp³-hybridized carbons (Fsp3) is 0.692. The van der Waals surface area contributed by atoms with Gasteiger partial charge in [0, 0.05) is 23.3 Å². The van der Waals surface area contributed by atoms with E-state index in [9.17, 15) is 0 Å². The Balaban J connectivity index is 2.99. The van der Waals surface area contributed by atoms with Crippen LogP contribution < -0.4 is 5.32 Å². The van der Waals surface area contributed by atoms with Crippen molar-refractivity contribution in [1.29, 1.82) is 0 Å². The second-order valence-electron chi connectivity index (χ2n) is 4.71. The van der Waals surface area contributed by atoms with Gasteiger partial charge in [-0.2, -0.15) is 11.8 Å². The highest BCUT2D eigenvalue weighted by Crippen LogP contribution is 2.24. The zero-order valence-electron chi connectivity index (χ0n) is 11.7. The van der Waals surface area contributed by atoms with E-state index >= 15 is 0 Å². The first-order chi connectivity index (χ1) is 8.49. The molecule has 3 nitrogen and oxygen atoms in total. The van der Waals surface area contributed by atoms with Crippen molar-refractivity contribution in [3.05, 3.63) is 16.5 Å². The van der Waals surface area contributed by atoms with Crippen LogP contribution in [0.3, 0.4) is 0 Å². The molecule has 1 atom stereocenters. The van der Waals surface area contributed by atoms with Crippen molar-refractivity contribution in [3.63, 3.8) is 0 Å². The SMILES string of the molecule is CCC(CSC)Nc1nc(C(C)C)nc(Cl)c1C. The molecule has 0 aliphatic rings. The molecular formula is C13H22ClN3S. The molecule has 0 aliphatic heterocycles. The summed E-state index contributed by atoms with van der Waals surface area (Å²) >= 11 is 8.01. The summed E-state index contributed by atoms with van der Waals surface area (Å²) in [6.07, 6.45) is 3.18. The summed E-state index contributed by atoms with van der Waals surface area (Å²) in [6, 6.07) is 0.421. The van der Waals surface area contributed by atoms with Crippen molar-refractivity contribution in [2.24, 2.45) is 0 Å². The molecule has 1 N–H and O–H groups in total. The molecule has 1 rings (SSSR count). The third-order valence-electron chi connectivity index (χ3n) is 2.82. The van der Waals surface area contributed by atoms with Gasteiger partial charge in [0.25, 0.3) is 0 Å². The van der Waals surface area contributed by atoms with Crippen molar-refractivity contribution in [2.45, 2.75) is 46.1 Å². The fourth-order valence-corrected chi connectivity index (χ4v) is 2.46. The van der Waals surface area contributed by atoms with Gasteiger partial charge in [0.2, 0.25) is 0 Å². The molecule has 0 aromatic carbocycles. The Morgan fingerprint density at radius 2 is 2.00 bits per heavy atom. The average Bonchev–Trinajstić information content (AvgIpc) is 2.33. The Morgan fingerprint density at radius 3 is 2.50 bits per heavy atom. The van der Waals surface area contributed by atoms with Gasteiger partial charge in [0.1, 0.15) is 16.8 Å². The van der Waals surface area contributed by atoms with Gasteiger partial charge < -0.3 is 5.32 Å². The van der Waals surface area contributed by atoms with Crippen molar-refractivity contribution in [3.8, 4) is 0 Å². The van der Waals surface area contributed by atoms with Gasteiger partial charge in [-0.15, -0.1) is 0 Å². The van der Waals surface area contributed by atoms with Crippen LogP contribution >= 0.6 is 23.4 Å². The summed E-state index contributed by atoms with van der Waals surface area (Å²) in [7, 11) is 0. The summed E-state index contributed by atoms with van der Waals surface area (Å²) in [4.78, 5) is 8.91. The van der Waals surface area contributed by atoms with E-state index in [0.29, 0.717) is 11.2 Å². The van der Waals surface area contributed by atoms with E-state index in [2.05, 4.69) is 42.3 Å². The van der Waals surface area contributed by atoms with E-state index in [1.165, 1.54) is 0 Å². The van der Waals surface area contributed by atoms with E-state index < -0.39 is 0 Å². The molecule has 0 amide bonds. The minimum atomic E-state index is 0.282. The summed E-state index contributed by atoms with van der Waals surface area (Å²) in [5.41, 5.74) is 0.931. The molecule has 0 saturated carbocycles. The van der Waals surface area contributed by atoms with Crippen molar-refractivity contribution < 1.29 is 0 Å².